The summed E-state index contributed by atoms with van der Waals surface area (Å²) in [6.07, 6.45) is 0. The Morgan fingerprint density at radius 1 is 0.625 bits per heavy atom. The number of rotatable bonds is 0. The van der Waals surface area contributed by atoms with Crippen LogP contribution in [-0.4, -0.2) is 0 Å². The molecule has 0 aliphatic carbocycles. The van der Waals surface area contributed by atoms with Gasteiger partial charge in [-0.25, -0.2) is 0 Å². The van der Waals surface area contributed by atoms with Gasteiger partial charge in [-0.3, -0.25) is 0 Å². The van der Waals surface area contributed by atoms with Crippen molar-refractivity contribution in [3.63, 3.8) is 0 Å². The van der Waals surface area contributed by atoms with Gasteiger partial charge in [-0.05, 0) is 0 Å². The van der Waals surface area contributed by atoms with Crippen LogP contribution in [0.25, 0.3) is 0 Å². The first-order chi connectivity index (χ1) is 3.00. The molecule has 0 fully saturated rings. The van der Waals surface area contributed by atoms with Crippen molar-refractivity contribution < 1.29 is 22.4 Å². The summed E-state index contributed by atoms with van der Waals surface area (Å²) in [5.74, 6) is 0. The Hall–Kier alpha value is -0.830. The predicted octanol–water partition coefficient (Wildman–Crippen LogP) is 0.449. The maximum atomic E-state index is 6.25. The van der Waals surface area contributed by atoms with Gasteiger partial charge in [0.1, 0.15) is 0 Å². The van der Waals surface area contributed by atoms with E-state index in [0.29, 0.717) is 0 Å². The molecule has 0 aromatic heterocycles. The van der Waals surface area contributed by atoms with Gasteiger partial charge in [0, 0.05) is 0 Å². The van der Waals surface area contributed by atoms with Crippen LogP contribution in [0.2, 0.25) is 0 Å². The van der Waals surface area contributed by atoms with Gasteiger partial charge in [0.2, 0.25) is 0 Å². The molecule has 46 valence electrons. The van der Waals surface area contributed by atoms with Crippen molar-refractivity contribution in [2.75, 3.05) is 0 Å². The summed E-state index contributed by atoms with van der Waals surface area (Å²) in [5, 5.41) is 18.8. The zero-order valence-corrected chi connectivity index (χ0v) is 6.02. The van der Waals surface area contributed by atoms with Crippen molar-refractivity contribution in [3.05, 3.63) is 19.7 Å². The first kappa shape index (κ1) is 58.0. The average molecular weight is 292 g/mol. The van der Waals surface area contributed by atoms with Crippen LogP contribution in [0.5, 0.6) is 0 Å². The maximum Gasteiger partial charge on any atom is 3.00 e. The quantitative estimate of drug-likeness (QED) is 0.516. The van der Waals surface area contributed by atoms with E-state index in [4.69, 9.17) is 35.5 Å². The molecule has 0 amide bonds. The third-order valence-electron chi connectivity index (χ3n) is 0. The Labute approximate surface area is 64.4 Å². The first-order valence-electron chi connectivity index (χ1n) is 0.671. The summed E-state index contributed by atoms with van der Waals surface area (Å²) in [6.45, 7) is 14.2. The van der Waals surface area contributed by atoms with Crippen LogP contribution in [0.15, 0.2) is 0 Å². The molecule has 0 heterocycles. The molecule has 3 N–H and O–H groups in total. The summed E-state index contributed by atoms with van der Waals surface area (Å²) in [5.41, 5.74) is 0. The van der Waals surface area contributed by atoms with Gasteiger partial charge < -0.3 is 41.7 Å². The van der Waals surface area contributed by atoms with Crippen LogP contribution in [0.4, 0.5) is 0 Å². The van der Waals surface area contributed by atoms with Crippen LogP contribution < -0.4 is 6.15 Å². The van der Waals surface area contributed by atoms with Gasteiger partial charge in [-0.15, -0.1) is 0 Å². The second-order valence-electron chi connectivity index (χ2n) is 0. The van der Waals surface area contributed by atoms with E-state index in [1.165, 1.54) is 0 Å². The molecule has 0 aliphatic rings. The number of hydrogen-bond acceptors (Lipinski definition) is 4. The molecule has 0 radical (unpaired) electrons. The minimum Gasteiger partial charge on any atom is -0.512 e. The fourth-order valence-corrected chi connectivity index (χ4v) is 0. The molecule has 0 aliphatic heterocycles. The molecule has 0 aromatic rings. The zero-order chi connectivity index (χ0) is 6.00. The second kappa shape index (κ2) is 240. The van der Waals surface area contributed by atoms with Gasteiger partial charge in [0.15, 0.2) is 0 Å². The van der Waals surface area contributed by atoms with E-state index in [1.54, 1.807) is 0 Å². The molecule has 8 heavy (non-hydrogen) atoms. The van der Waals surface area contributed by atoms with Crippen molar-refractivity contribution in [2.45, 2.75) is 0 Å². The number of nitrogens with zero attached hydrogens (tertiary/aromatic N) is 3. The third kappa shape index (κ3) is 131. The first-order valence-corrected chi connectivity index (χ1v) is 0.671. The Bertz CT molecular complexity index is 39.8. The van der Waals surface area contributed by atoms with Crippen molar-refractivity contribution in [1.82, 2.24) is 6.15 Å². The minimum absolute atomic E-state index is 0. The molecule has 0 atom stereocenters. The predicted molar refractivity (Wildman–Crippen MR) is 19.9 cm³/mol. The van der Waals surface area contributed by atoms with Crippen molar-refractivity contribution in [1.29, 1.82) is 15.8 Å². The van der Waals surface area contributed by atoms with Crippen molar-refractivity contribution in [2.24, 2.45) is 0 Å². The van der Waals surface area contributed by atoms with Crippen LogP contribution in [0, 0.1) is 35.5 Å². The standard InChI is InChI=1S/3CN.Au.H3N/c3*1-2;;/h;;;;1H3/q3*-1;+3;. The smallest absolute Gasteiger partial charge is 0.512 e. The number of hydrogen-bond donors (Lipinski definition) is 1. The summed E-state index contributed by atoms with van der Waals surface area (Å²) >= 11 is 0. The Balaban J connectivity index is -0.00000000500. The van der Waals surface area contributed by atoms with Gasteiger partial charge in [0.05, 0.1) is 0 Å². The van der Waals surface area contributed by atoms with Crippen LogP contribution in [0.1, 0.15) is 0 Å². The van der Waals surface area contributed by atoms with Gasteiger partial charge in [-0.2, -0.15) is 0 Å². The molecule has 0 saturated carbocycles. The monoisotopic (exact) mass is 292 g/mol. The largest absolute Gasteiger partial charge is 3.00 e. The molecule has 0 rings (SSSR count). The molecule has 0 spiro atoms. The minimum atomic E-state index is 0. The van der Waals surface area contributed by atoms with Gasteiger partial charge in [0.25, 0.3) is 0 Å². The third-order valence-corrected chi connectivity index (χ3v) is 0. The fraction of sp³-hybridized carbons (Fsp3) is 0. The molecule has 0 saturated heterocycles. The van der Waals surface area contributed by atoms with E-state index in [2.05, 4.69) is 0 Å². The Morgan fingerprint density at radius 3 is 0.625 bits per heavy atom. The molecule has 0 bridgehead atoms. The molecular weight excluding hydrogens is 289 g/mol. The van der Waals surface area contributed by atoms with E-state index in [0.717, 1.165) is 0 Å². The molecule has 0 aromatic carbocycles. The zero-order valence-electron chi connectivity index (χ0n) is 3.85. The van der Waals surface area contributed by atoms with E-state index >= 15 is 0 Å². The maximum absolute atomic E-state index is 6.25. The Morgan fingerprint density at radius 2 is 0.625 bits per heavy atom. The Kier molecular flexibility index (Phi) is 1740. The van der Waals surface area contributed by atoms with Crippen molar-refractivity contribution in [3.8, 4) is 0 Å². The summed E-state index contributed by atoms with van der Waals surface area (Å²) in [4.78, 5) is 0. The molecule has 4 nitrogen and oxygen atoms in total. The second-order valence-corrected chi connectivity index (χ2v) is 0. The summed E-state index contributed by atoms with van der Waals surface area (Å²) in [7, 11) is 0. The summed E-state index contributed by atoms with van der Waals surface area (Å²) in [6, 6.07) is 0. The summed E-state index contributed by atoms with van der Waals surface area (Å²) < 4.78 is 0. The van der Waals surface area contributed by atoms with E-state index in [9.17, 15) is 0 Å². The molecule has 5 heteroatoms. The fourth-order valence-electron chi connectivity index (χ4n) is 0. The SMILES string of the molecule is N.[Au+3].[C-]#N.[C-]#N.[C-]#N. The topological polar surface area (TPSA) is 106 Å². The van der Waals surface area contributed by atoms with Crippen LogP contribution in [-0.2, 0) is 22.4 Å². The molecular formula is C3H3AuN4. The van der Waals surface area contributed by atoms with E-state index < -0.39 is 0 Å². The average Bonchev–Trinajstić information content (AvgIpc) is 1.81. The normalized spacial score (nSPS) is 0.750. The van der Waals surface area contributed by atoms with E-state index in [1.807, 2.05) is 0 Å². The van der Waals surface area contributed by atoms with E-state index in [-0.39, 0.29) is 28.5 Å². The molecule has 0 unspecified atom stereocenters. The van der Waals surface area contributed by atoms with Gasteiger partial charge >= 0.3 is 22.4 Å². The van der Waals surface area contributed by atoms with Gasteiger partial charge in [-0.1, -0.05) is 0 Å². The van der Waals surface area contributed by atoms with Crippen LogP contribution >= 0.6 is 0 Å². The van der Waals surface area contributed by atoms with Crippen molar-refractivity contribution >= 4 is 0 Å². The van der Waals surface area contributed by atoms with Crippen LogP contribution in [0.3, 0.4) is 0 Å².